The van der Waals surface area contributed by atoms with Crippen LogP contribution in [0.4, 0.5) is 14.5 Å². The summed E-state index contributed by atoms with van der Waals surface area (Å²) in [5.74, 6) is -1.36. The minimum Gasteiger partial charge on any atom is -0.322 e. The normalized spacial score (nSPS) is 10.9. The number of aryl methyl sites for hydroxylation is 1. The molecule has 2 aromatic rings. The average molecular weight is 308 g/mol. The van der Waals surface area contributed by atoms with Crippen molar-refractivity contribution in [3.8, 4) is 0 Å². The molecule has 0 aliphatic carbocycles. The van der Waals surface area contributed by atoms with Gasteiger partial charge in [-0.15, -0.1) is 0 Å². The fraction of sp³-hybridized carbons (Fsp3) is 0.0625. The smallest absolute Gasteiger partial charge is 0.248 e. The van der Waals surface area contributed by atoms with Crippen molar-refractivity contribution >= 4 is 29.3 Å². The Kier molecular flexibility index (Phi) is 4.70. The van der Waals surface area contributed by atoms with E-state index in [2.05, 4.69) is 5.32 Å². The van der Waals surface area contributed by atoms with E-state index in [1.807, 2.05) is 0 Å². The number of nitrogens with one attached hydrogen (secondary N) is 1. The van der Waals surface area contributed by atoms with Crippen molar-refractivity contribution in [3.05, 3.63) is 70.3 Å². The summed E-state index contributed by atoms with van der Waals surface area (Å²) < 4.78 is 26.1. The monoisotopic (exact) mass is 307 g/mol. The number of hydrogen-bond donors (Lipinski definition) is 1. The summed E-state index contributed by atoms with van der Waals surface area (Å²) in [7, 11) is 0. The highest BCUT2D eigenvalue weighted by Gasteiger charge is 2.04. The van der Waals surface area contributed by atoms with Crippen LogP contribution in [0, 0.1) is 18.6 Å². The SMILES string of the molecule is Cc1ccc(F)cc1NC(=O)/C=C/c1ccc(F)c(Cl)c1. The maximum Gasteiger partial charge on any atom is 0.248 e. The van der Waals surface area contributed by atoms with Gasteiger partial charge in [0.25, 0.3) is 0 Å². The molecule has 0 aliphatic rings. The van der Waals surface area contributed by atoms with Crippen molar-refractivity contribution < 1.29 is 13.6 Å². The maximum atomic E-state index is 13.1. The van der Waals surface area contributed by atoms with E-state index in [1.54, 1.807) is 13.0 Å². The quantitative estimate of drug-likeness (QED) is 0.826. The highest BCUT2D eigenvalue weighted by atomic mass is 35.5. The second-order valence-corrected chi connectivity index (χ2v) is 4.86. The second-order valence-electron chi connectivity index (χ2n) is 4.46. The van der Waals surface area contributed by atoms with Gasteiger partial charge in [0, 0.05) is 11.8 Å². The van der Waals surface area contributed by atoms with Crippen LogP contribution in [-0.4, -0.2) is 5.91 Å². The minimum atomic E-state index is -0.520. The maximum absolute atomic E-state index is 13.1. The highest BCUT2D eigenvalue weighted by Crippen LogP contribution is 2.18. The van der Waals surface area contributed by atoms with Crippen LogP contribution in [0.2, 0.25) is 5.02 Å². The van der Waals surface area contributed by atoms with E-state index in [-0.39, 0.29) is 5.02 Å². The van der Waals surface area contributed by atoms with Crippen LogP contribution in [0.15, 0.2) is 42.5 Å². The molecule has 0 atom stereocenters. The molecule has 5 heteroatoms. The molecule has 0 bridgehead atoms. The Morgan fingerprint density at radius 1 is 1.19 bits per heavy atom. The van der Waals surface area contributed by atoms with Gasteiger partial charge in [0.05, 0.1) is 5.02 Å². The molecule has 0 fully saturated rings. The number of anilines is 1. The van der Waals surface area contributed by atoms with Crippen LogP contribution in [-0.2, 0) is 4.79 Å². The molecule has 21 heavy (non-hydrogen) atoms. The molecule has 0 radical (unpaired) electrons. The van der Waals surface area contributed by atoms with Gasteiger partial charge in [-0.05, 0) is 48.4 Å². The zero-order valence-corrected chi connectivity index (χ0v) is 11.9. The van der Waals surface area contributed by atoms with Crippen LogP contribution in [0.3, 0.4) is 0 Å². The Morgan fingerprint density at radius 2 is 1.95 bits per heavy atom. The van der Waals surface area contributed by atoms with Crippen molar-refractivity contribution in [1.29, 1.82) is 0 Å². The molecule has 2 aromatic carbocycles. The van der Waals surface area contributed by atoms with Crippen LogP contribution >= 0.6 is 11.6 Å². The third kappa shape index (κ3) is 4.13. The number of carbonyl (C=O) groups excluding carboxylic acids is 1. The molecule has 0 aliphatic heterocycles. The van der Waals surface area contributed by atoms with Gasteiger partial charge in [-0.1, -0.05) is 23.7 Å². The molecule has 2 rings (SSSR count). The van der Waals surface area contributed by atoms with E-state index >= 15 is 0 Å². The Balaban J connectivity index is 2.09. The molecule has 108 valence electrons. The standard InChI is InChI=1S/C16H12ClF2NO/c1-10-2-5-12(18)9-15(10)20-16(21)7-4-11-3-6-14(19)13(17)8-11/h2-9H,1H3,(H,20,21)/b7-4+. The second kappa shape index (κ2) is 6.50. The largest absolute Gasteiger partial charge is 0.322 e. The van der Waals surface area contributed by atoms with Crippen molar-refractivity contribution in [3.63, 3.8) is 0 Å². The summed E-state index contributed by atoms with van der Waals surface area (Å²) in [6, 6.07) is 8.27. The molecule has 0 saturated carbocycles. The molecular weight excluding hydrogens is 296 g/mol. The highest BCUT2D eigenvalue weighted by molar-refractivity contribution is 6.30. The van der Waals surface area contributed by atoms with Gasteiger partial charge in [-0.2, -0.15) is 0 Å². The van der Waals surface area contributed by atoms with E-state index in [0.717, 1.165) is 5.56 Å². The van der Waals surface area contributed by atoms with Gasteiger partial charge in [0.15, 0.2) is 0 Å². The van der Waals surface area contributed by atoms with Crippen LogP contribution in [0.25, 0.3) is 6.08 Å². The predicted molar refractivity (Wildman–Crippen MR) is 80.2 cm³/mol. The lowest BCUT2D eigenvalue weighted by molar-refractivity contribution is -0.111. The number of hydrogen-bond acceptors (Lipinski definition) is 1. The van der Waals surface area contributed by atoms with Crippen LogP contribution in [0.5, 0.6) is 0 Å². The minimum absolute atomic E-state index is 0.0152. The lowest BCUT2D eigenvalue weighted by atomic mass is 10.2. The molecule has 0 aromatic heterocycles. The lowest BCUT2D eigenvalue weighted by Gasteiger charge is -2.06. The first-order valence-electron chi connectivity index (χ1n) is 6.16. The third-order valence-electron chi connectivity index (χ3n) is 2.83. The van der Waals surface area contributed by atoms with E-state index in [9.17, 15) is 13.6 Å². The molecule has 0 heterocycles. The van der Waals surface area contributed by atoms with E-state index in [1.165, 1.54) is 42.5 Å². The van der Waals surface area contributed by atoms with Crippen molar-refractivity contribution in [1.82, 2.24) is 0 Å². The molecule has 0 unspecified atom stereocenters. The summed E-state index contributed by atoms with van der Waals surface area (Å²) in [6.07, 6.45) is 2.77. The zero-order valence-electron chi connectivity index (χ0n) is 11.2. The van der Waals surface area contributed by atoms with Gasteiger partial charge in [-0.25, -0.2) is 8.78 Å². The van der Waals surface area contributed by atoms with Crippen molar-refractivity contribution in [2.24, 2.45) is 0 Å². The molecule has 0 spiro atoms. The Labute approximate surface area is 126 Å². The Bertz CT molecular complexity index is 713. The zero-order chi connectivity index (χ0) is 15.4. The number of benzene rings is 2. The van der Waals surface area contributed by atoms with Crippen molar-refractivity contribution in [2.75, 3.05) is 5.32 Å². The van der Waals surface area contributed by atoms with Gasteiger partial charge in [-0.3, -0.25) is 4.79 Å². The third-order valence-corrected chi connectivity index (χ3v) is 3.12. The van der Waals surface area contributed by atoms with Gasteiger partial charge in [0.1, 0.15) is 11.6 Å². The summed E-state index contributed by atoms with van der Waals surface area (Å²) in [4.78, 5) is 11.8. The van der Waals surface area contributed by atoms with Gasteiger partial charge >= 0.3 is 0 Å². The van der Waals surface area contributed by atoms with Crippen LogP contribution in [0.1, 0.15) is 11.1 Å². The fourth-order valence-corrected chi connectivity index (χ4v) is 1.88. The van der Waals surface area contributed by atoms with E-state index in [0.29, 0.717) is 11.3 Å². The van der Waals surface area contributed by atoms with Crippen molar-refractivity contribution in [2.45, 2.75) is 6.92 Å². The van der Waals surface area contributed by atoms with E-state index in [4.69, 9.17) is 11.6 Å². The average Bonchev–Trinajstić information content (AvgIpc) is 2.44. The lowest BCUT2D eigenvalue weighted by Crippen LogP contribution is -2.09. The topological polar surface area (TPSA) is 29.1 Å². The Morgan fingerprint density at radius 3 is 2.67 bits per heavy atom. The molecule has 0 saturated heterocycles. The predicted octanol–water partition coefficient (Wildman–Crippen LogP) is 4.58. The summed E-state index contributed by atoms with van der Waals surface area (Å²) in [5.41, 5.74) is 1.75. The van der Waals surface area contributed by atoms with E-state index < -0.39 is 17.5 Å². The van der Waals surface area contributed by atoms with Crippen LogP contribution < -0.4 is 5.32 Å². The number of rotatable bonds is 3. The Hall–Kier alpha value is -2.20. The number of halogens is 3. The summed E-state index contributed by atoms with van der Waals surface area (Å²) in [5, 5.41) is 2.56. The molecule has 1 N–H and O–H groups in total. The molecule has 2 nitrogen and oxygen atoms in total. The van der Waals surface area contributed by atoms with Gasteiger partial charge in [0.2, 0.25) is 5.91 Å². The first kappa shape index (κ1) is 15.2. The fourth-order valence-electron chi connectivity index (χ4n) is 1.69. The number of carbonyl (C=O) groups is 1. The molecule has 1 amide bonds. The summed E-state index contributed by atoms with van der Waals surface area (Å²) >= 11 is 5.65. The molecular formula is C16H12ClF2NO. The van der Waals surface area contributed by atoms with Gasteiger partial charge < -0.3 is 5.32 Å². The first-order chi connectivity index (χ1) is 9.95. The summed E-state index contributed by atoms with van der Waals surface area (Å²) in [6.45, 7) is 1.76. The number of amides is 1. The first-order valence-corrected chi connectivity index (χ1v) is 6.54.